The van der Waals surface area contributed by atoms with Crippen LogP contribution in [0, 0.1) is 0 Å². The van der Waals surface area contributed by atoms with Gasteiger partial charge in [-0.3, -0.25) is 4.79 Å². The van der Waals surface area contributed by atoms with Crippen LogP contribution in [0.2, 0.25) is 0 Å². The van der Waals surface area contributed by atoms with E-state index in [9.17, 15) is 4.79 Å². The average Bonchev–Trinajstić information content (AvgIpc) is 1.90. The van der Waals surface area contributed by atoms with E-state index in [0.717, 1.165) is 0 Å². The highest BCUT2D eigenvalue weighted by atomic mass is 79.9. The Hall–Kier alpha value is 0.0700. The van der Waals surface area contributed by atoms with E-state index in [2.05, 4.69) is 15.9 Å². The van der Waals surface area contributed by atoms with Gasteiger partial charge in [0, 0.05) is 14.2 Å². The maximum absolute atomic E-state index is 10.7. The number of rotatable bonds is 4. The predicted molar refractivity (Wildman–Crippen MR) is 41.2 cm³/mol. The van der Waals surface area contributed by atoms with Crippen LogP contribution in [0.4, 0.5) is 0 Å². The van der Waals surface area contributed by atoms with Gasteiger partial charge in [-0.1, -0.05) is 15.9 Å². The number of halogens is 1. The molecule has 0 aromatic heterocycles. The summed E-state index contributed by atoms with van der Waals surface area (Å²) in [5.41, 5.74) is 0. The molecule has 60 valence electrons. The lowest BCUT2D eigenvalue weighted by Gasteiger charge is -2.16. The van der Waals surface area contributed by atoms with Crippen molar-refractivity contribution in [1.29, 1.82) is 0 Å². The molecule has 0 aromatic rings. The summed E-state index contributed by atoms with van der Waals surface area (Å²) in [5, 5.41) is 0. The molecule has 0 rings (SSSR count). The van der Waals surface area contributed by atoms with Gasteiger partial charge in [0.15, 0.2) is 6.29 Å². The number of hydrogen-bond donors (Lipinski definition) is 0. The molecule has 0 saturated heterocycles. The van der Waals surface area contributed by atoms with Gasteiger partial charge < -0.3 is 9.47 Å². The zero-order valence-electron chi connectivity index (χ0n) is 6.26. The molecule has 0 spiro atoms. The molecule has 0 aliphatic heterocycles. The number of ether oxygens (including phenoxy) is 2. The van der Waals surface area contributed by atoms with Crippen molar-refractivity contribution in [2.45, 2.75) is 18.0 Å². The number of carbonyl (C=O) groups excluding carboxylic acids is 1. The van der Waals surface area contributed by atoms with Gasteiger partial charge >= 0.3 is 0 Å². The van der Waals surface area contributed by atoms with Crippen LogP contribution in [-0.2, 0) is 14.3 Å². The normalized spacial score (nSPS) is 13.7. The first kappa shape index (κ1) is 10.1. The smallest absolute Gasteiger partial charge is 0.176 e. The molecule has 0 fully saturated rings. The second-order valence-electron chi connectivity index (χ2n) is 1.85. The molecule has 0 amide bonds. The first-order valence-electron chi connectivity index (χ1n) is 2.83. The molecule has 0 saturated carbocycles. The van der Waals surface area contributed by atoms with E-state index in [4.69, 9.17) is 9.47 Å². The maximum Gasteiger partial charge on any atom is 0.176 e. The van der Waals surface area contributed by atoms with E-state index < -0.39 is 6.29 Å². The van der Waals surface area contributed by atoms with Crippen LogP contribution in [0.3, 0.4) is 0 Å². The summed E-state index contributed by atoms with van der Waals surface area (Å²) >= 11 is 3.13. The van der Waals surface area contributed by atoms with Gasteiger partial charge in [-0.2, -0.15) is 0 Å². The fraction of sp³-hybridized carbons (Fsp3) is 0.833. The first-order valence-corrected chi connectivity index (χ1v) is 3.75. The van der Waals surface area contributed by atoms with Gasteiger partial charge in [0.25, 0.3) is 0 Å². The summed E-state index contributed by atoms with van der Waals surface area (Å²) in [6.45, 7) is 1.48. The third kappa shape index (κ3) is 2.77. The summed E-state index contributed by atoms with van der Waals surface area (Å²) in [6, 6.07) is 0. The molecule has 1 atom stereocenters. The predicted octanol–water partition coefficient (Wildman–Crippen LogP) is 0.958. The van der Waals surface area contributed by atoms with Gasteiger partial charge in [-0.25, -0.2) is 0 Å². The second kappa shape index (κ2) is 4.82. The molecular weight excluding hydrogens is 200 g/mol. The van der Waals surface area contributed by atoms with Crippen LogP contribution in [0.5, 0.6) is 0 Å². The molecule has 0 aliphatic rings. The SMILES string of the molecule is COC(OC)C(Br)C(C)=O. The van der Waals surface area contributed by atoms with Crippen molar-refractivity contribution in [3.05, 3.63) is 0 Å². The van der Waals surface area contributed by atoms with Crippen molar-refractivity contribution in [1.82, 2.24) is 0 Å². The first-order chi connectivity index (χ1) is 4.63. The highest BCUT2D eigenvalue weighted by Gasteiger charge is 2.21. The van der Waals surface area contributed by atoms with Crippen molar-refractivity contribution in [2.75, 3.05) is 14.2 Å². The van der Waals surface area contributed by atoms with Crippen LogP contribution < -0.4 is 0 Å². The number of alkyl halides is 1. The molecule has 3 nitrogen and oxygen atoms in total. The van der Waals surface area contributed by atoms with E-state index in [1.54, 1.807) is 0 Å². The minimum Gasteiger partial charge on any atom is -0.354 e. The van der Waals surface area contributed by atoms with Crippen LogP contribution in [0.25, 0.3) is 0 Å². The number of Topliss-reactive ketones (excluding diaryl/α,β-unsaturated/α-hetero) is 1. The monoisotopic (exact) mass is 210 g/mol. The van der Waals surface area contributed by atoms with Gasteiger partial charge in [0.2, 0.25) is 0 Å². The Bertz CT molecular complexity index is 112. The minimum absolute atomic E-state index is 0.00583. The minimum atomic E-state index is -0.488. The average molecular weight is 211 g/mol. The summed E-state index contributed by atoms with van der Waals surface area (Å²) in [4.78, 5) is 10.3. The van der Waals surface area contributed by atoms with Crippen LogP contribution in [-0.4, -0.2) is 31.1 Å². The zero-order chi connectivity index (χ0) is 8.15. The van der Waals surface area contributed by atoms with Crippen molar-refractivity contribution in [2.24, 2.45) is 0 Å². The van der Waals surface area contributed by atoms with Crippen LogP contribution in [0.1, 0.15) is 6.92 Å². The lowest BCUT2D eigenvalue weighted by atomic mass is 10.3. The lowest BCUT2D eigenvalue weighted by molar-refractivity contribution is -0.132. The van der Waals surface area contributed by atoms with Gasteiger partial charge in [0.05, 0.1) is 0 Å². The highest BCUT2D eigenvalue weighted by molar-refractivity contribution is 9.10. The highest BCUT2D eigenvalue weighted by Crippen LogP contribution is 2.10. The molecule has 0 N–H and O–H groups in total. The lowest BCUT2D eigenvalue weighted by Crippen LogP contribution is -2.30. The van der Waals surface area contributed by atoms with Gasteiger partial charge in [0.1, 0.15) is 10.6 Å². The Morgan fingerprint density at radius 2 is 1.80 bits per heavy atom. The third-order valence-electron chi connectivity index (χ3n) is 1.09. The topological polar surface area (TPSA) is 35.5 Å². The molecule has 0 aliphatic carbocycles. The fourth-order valence-corrected chi connectivity index (χ4v) is 0.958. The quantitative estimate of drug-likeness (QED) is 0.513. The Labute approximate surface area is 68.8 Å². The largest absolute Gasteiger partial charge is 0.354 e. The number of hydrogen-bond acceptors (Lipinski definition) is 3. The van der Waals surface area contributed by atoms with E-state index in [0.29, 0.717) is 0 Å². The third-order valence-corrected chi connectivity index (χ3v) is 2.17. The Balaban J connectivity index is 3.88. The van der Waals surface area contributed by atoms with Crippen molar-refractivity contribution < 1.29 is 14.3 Å². The molecule has 0 radical (unpaired) electrons. The molecule has 0 bridgehead atoms. The van der Waals surface area contributed by atoms with Crippen molar-refractivity contribution in [3.8, 4) is 0 Å². The van der Waals surface area contributed by atoms with E-state index in [-0.39, 0.29) is 10.6 Å². The summed E-state index contributed by atoms with van der Waals surface area (Å²) in [6.07, 6.45) is -0.488. The molecule has 0 aromatic carbocycles. The standard InChI is InChI=1S/C6H11BrO3/c1-4(8)5(7)6(9-2)10-3/h5-6H,1-3H3. The maximum atomic E-state index is 10.7. The van der Waals surface area contributed by atoms with E-state index >= 15 is 0 Å². The summed E-state index contributed by atoms with van der Waals surface area (Å²) < 4.78 is 9.67. The summed E-state index contributed by atoms with van der Waals surface area (Å²) in [7, 11) is 2.98. The van der Waals surface area contributed by atoms with Crippen LogP contribution in [0.15, 0.2) is 0 Å². The fourth-order valence-electron chi connectivity index (χ4n) is 0.527. The van der Waals surface area contributed by atoms with Gasteiger partial charge in [-0.15, -0.1) is 0 Å². The van der Waals surface area contributed by atoms with Crippen molar-refractivity contribution in [3.63, 3.8) is 0 Å². The molecular formula is C6H11BrO3. The molecule has 1 unspecified atom stereocenters. The molecule has 4 heteroatoms. The zero-order valence-corrected chi connectivity index (χ0v) is 7.84. The Kier molecular flexibility index (Phi) is 4.85. The Morgan fingerprint density at radius 1 is 1.40 bits per heavy atom. The Morgan fingerprint density at radius 3 is 1.90 bits per heavy atom. The summed E-state index contributed by atoms with van der Waals surface area (Å²) in [5.74, 6) is -0.00583. The van der Waals surface area contributed by atoms with Crippen molar-refractivity contribution >= 4 is 21.7 Å². The molecule has 10 heavy (non-hydrogen) atoms. The van der Waals surface area contributed by atoms with E-state index in [1.165, 1.54) is 21.1 Å². The molecule has 0 heterocycles. The number of carbonyl (C=O) groups is 1. The number of ketones is 1. The number of methoxy groups -OCH3 is 2. The van der Waals surface area contributed by atoms with Crippen LogP contribution >= 0.6 is 15.9 Å². The van der Waals surface area contributed by atoms with E-state index in [1.807, 2.05) is 0 Å². The second-order valence-corrected chi connectivity index (χ2v) is 2.84. The van der Waals surface area contributed by atoms with Gasteiger partial charge in [-0.05, 0) is 6.92 Å².